The first-order valence-corrected chi connectivity index (χ1v) is 5.36. The van der Waals surface area contributed by atoms with Crippen molar-refractivity contribution in [2.45, 2.75) is 17.8 Å². The van der Waals surface area contributed by atoms with E-state index in [-0.39, 0.29) is 11.8 Å². The summed E-state index contributed by atoms with van der Waals surface area (Å²) in [4.78, 5) is 0. The summed E-state index contributed by atoms with van der Waals surface area (Å²) in [5, 5.41) is 0. The van der Waals surface area contributed by atoms with Crippen molar-refractivity contribution in [3.63, 3.8) is 0 Å². The molecule has 4 aliphatic rings. The molecule has 4 atom stereocenters. The Labute approximate surface area is 86.6 Å². The Balaban J connectivity index is 1.95. The lowest BCUT2D eigenvalue weighted by molar-refractivity contribution is 0.0829. The van der Waals surface area contributed by atoms with Gasteiger partial charge in [-0.25, -0.2) is 8.78 Å². The van der Waals surface area contributed by atoms with E-state index in [1.807, 2.05) is 36.4 Å². The molecular formula is C13H10F2. The van der Waals surface area contributed by atoms with Crippen LogP contribution in [0, 0.1) is 11.8 Å². The Bertz CT molecular complexity index is 434. The molecule has 0 aromatic heterocycles. The van der Waals surface area contributed by atoms with E-state index in [0.29, 0.717) is 0 Å². The standard InChI is InChI=1S/C13H10F2/c14-13(15)11-9-5-6-10(12(11)13)8-4-2-1-3-7(8)9/h1-6,9-12H/t9-,10+,11+,12-. The Morgan fingerprint density at radius 1 is 0.867 bits per heavy atom. The van der Waals surface area contributed by atoms with E-state index >= 15 is 0 Å². The van der Waals surface area contributed by atoms with Gasteiger partial charge >= 0.3 is 0 Å². The number of hydrogen-bond acceptors (Lipinski definition) is 0. The monoisotopic (exact) mass is 204 g/mol. The predicted octanol–water partition coefficient (Wildman–Crippen LogP) is 3.32. The van der Waals surface area contributed by atoms with E-state index in [4.69, 9.17) is 0 Å². The number of hydrogen-bond donors (Lipinski definition) is 0. The van der Waals surface area contributed by atoms with Gasteiger partial charge in [-0.3, -0.25) is 0 Å². The van der Waals surface area contributed by atoms with Crippen LogP contribution in [0.4, 0.5) is 8.78 Å². The van der Waals surface area contributed by atoms with Crippen molar-refractivity contribution < 1.29 is 8.78 Å². The maximum atomic E-state index is 13.6. The van der Waals surface area contributed by atoms with Crippen molar-refractivity contribution in [3.8, 4) is 0 Å². The molecule has 0 radical (unpaired) electrons. The van der Waals surface area contributed by atoms with Crippen LogP contribution in [-0.4, -0.2) is 5.92 Å². The molecule has 4 aliphatic carbocycles. The first-order chi connectivity index (χ1) is 7.21. The van der Waals surface area contributed by atoms with Crippen LogP contribution in [0.25, 0.3) is 0 Å². The maximum Gasteiger partial charge on any atom is 0.256 e. The Hall–Kier alpha value is -1.18. The number of allylic oxidation sites excluding steroid dienone is 2. The summed E-state index contributed by atoms with van der Waals surface area (Å²) in [5.74, 6) is -3.33. The third-order valence-electron chi connectivity index (χ3n) is 4.18. The van der Waals surface area contributed by atoms with Gasteiger partial charge in [0, 0.05) is 23.7 Å². The van der Waals surface area contributed by atoms with E-state index in [0.717, 1.165) is 11.1 Å². The lowest BCUT2D eigenvalue weighted by Gasteiger charge is -2.31. The summed E-state index contributed by atoms with van der Waals surface area (Å²) in [6.07, 6.45) is 3.96. The van der Waals surface area contributed by atoms with Gasteiger partial charge in [0.15, 0.2) is 0 Å². The average Bonchev–Trinajstić information content (AvgIpc) is 2.86. The van der Waals surface area contributed by atoms with Crippen LogP contribution in [-0.2, 0) is 0 Å². The molecule has 5 rings (SSSR count). The van der Waals surface area contributed by atoms with Crippen LogP contribution in [0.15, 0.2) is 36.4 Å². The molecular weight excluding hydrogens is 194 g/mol. The highest BCUT2D eigenvalue weighted by Gasteiger charge is 2.75. The topological polar surface area (TPSA) is 0 Å². The van der Waals surface area contributed by atoms with E-state index in [1.165, 1.54) is 0 Å². The van der Waals surface area contributed by atoms with E-state index < -0.39 is 17.8 Å². The minimum Gasteiger partial charge on any atom is -0.206 e. The fraction of sp³-hybridized carbons (Fsp3) is 0.385. The molecule has 0 nitrogen and oxygen atoms in total. The summed E-state index contributed by atoms with van der Waals surface area (Å²) < 4.78 is 27.1. The lowest BCUT2D eigenvalue weighted by Crippen LogP contribution is -2.19. The van der Waals surface area contributed by atoms with Crippen LogP contribution < -0.4 is 0 Å². The highest BCUT2D eigenvalue weighted by Crippen LogP contribution is 2.72. The van der Waals surface area contributed by atoms with Crippen LogP contribution >= 0.6 is 0 Å². The summed E-state index contributed by atoms with van der Waals surface area (Å²) in [5.41, 5.74) is 2.26. The quantitative estimate of drug-likeness (QED) is 0.569. The van der Waals surface area contributed by atoms with E-state index in [2.05, 4.69) is 0 Å². The Morgan fingerprint density at radius 2 is 1.33 bits per heavy atom. The van der Waals surface area contributed by atoms with Crippen molar-refractivity contribution in [2.24, 2.45) is 11.8 Å². The second kappa shape index (κ2) is 2.16. The first-order valence-electron chi connectivity index (χ1n) is 5.36. The first kappa shape index (κ1) is 8.03. The molecule has 76 valence electrons. The number of rotatable bonds is 0. The van der Waals surface area contributed by atoms with Gasteiger partial charge in [-0.05, 0) is 11.1 Å². The Kier molecular flexibility index (Phi) is 1.15. The molecule has 0 amide bonds. The van der Waals surface area contributed by atoms with E-state index in [9.17, 15) is 8.78 Å². The van der Waals surface area contributed by atoms with Crippen molar-refractivity contribution in [3.05, 3.63) is 47.5 Å². The highest BCUT2D eigenvalue weighted by atomic mass is 19.3. The van der Waals surface area contributed by atoms with Gasteiger partial charge in [-0.1, -0.05) is 36.4 Å². The van der Waals surface area contributed by atoms with Gasteiger partial charge in [-0.15, -0.1) is 0 Å². The van der Waals surface area contributed by atoms with Crippen LogP contribution in [0.3, 0.4) is 0 Å². The largest absolute Gasteiger partial charge is 0.256 e. The molecule has 1 saturated carbocycles. The Morgan fingerprint density at radius 3 is 1.80 bits per heavy atom. The molecule has 0 spiro atoms. The second-order valence-corrected chi connectivity index (χ2v) is 4.79. The molecule has 15 heavy (non-hydrogen) atoms. The second-order valence-electron chi connectivity index (χ2n) is 4.79. The summed E-state index contributed by atoms with van der Waals surface area (Å²) in [6, 6.07) is 7.90. The molecule has 0 aliphatic heterocycles. The smallest absolute Gasteiger partial charge is 0.206 e. The van der Waals surface area contributed by atoms with Crippen molar-refractivity contribution in [1.82, 2.24) is 0 Å². The normalized spacial score (nSPS) is 42.3. The molecule has 0 unspecified atom stereocenters. The van der Waals surface area contributed by atoms with Gasteiger partial charge in [0.2, 0.25) is 0 Å². The minimum atomic E-state index is -2.43. The molecule has 1 aromatic rings. The van der Waals surface area contributed by atoms with Gasteiger partial charge in [0.25, 0.3) is 5.92 Å². The lowest BCUT2D eigenvalue weighted by atomic mass is 9.72. The summed E-state index contributed by atoms with van der Waals surface area (Å²) >= 11 is 0. The van der Waals surface area contributed by atoms with Gasteiger partial charge < -0.3 is 0 Å². The number of benzene rings is 1. The van der Waals surface area contributed by atoms with Crippen molar-refractivity contribution >= 4 is 0 Å². The zero-order chi connectivity index (χ0) is 10.2. The van der Waals surface area contributed by atoms with Crippen LogP contribution in [0.2, 0.25) is 0 Å². The zero-order valence-electron chi connectivity index (χ0n) is 8.03. The third-order valence-corrected chi connectivity index (χ3v) is 4.18. The molecule has 0 N–H and O–H groups in total. The number of halogens is 2. The zero-order valence-corrected chi connectivity index (χ0v) is 8.03. The summed E-state index contributed by atoms with van der Waals surface area (Å²) in [6.45, 7) is 0. The van der Waals surface area contributed by atoms with Crippen molar-refractivity contribution in [2.75, 3.05) is 0 Å². The van der Waals surface area contributed by atoms with Gasteiger partial charge in [0.1, 0.15) is 0 Å². The molecule has 0 heterocycles. The average molecular weight is 204 g/mol. The van der Waals surface area contributed by atoms with E-state index in [1.54, 1.807) is 0 Å². The number of alkyl halides is 2. The molecule has 2 heteroatoms. The van der Waals surface area contributed by atoms with Gasteiger partial charge in [-0.2, -0.15) is 0 Å². The third kappa shape index (κ3) is 0.747. The SMILES string of the molecule is FC1(F)[C@@H]2[C@H]1[C@H]1C=C[C@@H]2c2ccccc21. The highest BCUT2D eigenvalue weighted by molar-refractivity contribution is 5.51. The molecule has 2 bridgehead atoms. The molecule has 0 saturated heterocycles. The fourth-order valence-corrected chi connectivity index (χ4v) is 3.49. The van der Waals surface area contributed by atoms with Crippen LogP contribution in [0.5, 0.6) is 0 Å². The van der Waals surface area contributed by atoms with Crippen molar-refractivity contribution in [1.29, 1.82) is 0 Å². The van der Waals surface area contributed by atoms with Crippen LogP contribution in [0.1, 0.15) is 23.0 Å². The summed E-state index contributed by atoms with van der Waals surface area (Å²) in [7, 11) is 0. The molecule has 1 fully saturated rings. The molecule has 1 aromatic carbocycles. The fourth-order valence-electron chi connectivity index (χ4n) is 3.49. The predicted molar refractivity (Wildman–Crippen MR) is 53.0 cm³/mol. The maximum absolute atomic E-state index is 13.6. The minimum absolute atomic E-state index is 0.0359. The van der Waals surface area contributed by atoms with Gasteiger partial charge in [0.05, 0.1) is 0 Å².